The summed E-state index contributed by atoms with van der Waals surface area (Å²) >= 11 is 0. The molecule has 0 bridgehead atoms. The molecular weight excluding hydrogens is 273 g/mol. The highest BCUT2D eigenvalue weighted by atomic mass is 19.1. The zero-order valence-corrected chi connectivity index (χ0v) is 12.4. The number of nitrogens with zero attached hydrogens (tertiary/aromatic N) is 1. The fourth-order valence-electron chi connectivity index (χ4n) is 1.63. The van der Waals surface area contributed by atoms with Gasteiger partial charge in [-0.25, -0.2) is 9.18 Å². The van der Waals surface area contributed by atoms with Gasteiger partial charge in [0, 0.05) is 18.7 Å². The highest BCUT2D eigenvalue weighted by molar-refractivity contribution is 5.67. The van der Waals surface area contributed by atoms with Crippen LogP contribution in [0.3, 0.4) is 0 Å². The molecule has 0 fully saturated rings. The molecule has 0 radical (unpaired) electrons. The van der Waals surface area contributed by atoms with Gasteiger partial charge in [-0.3, -0.25) is 5.32 Å². The average Bonchev–Trinajstić information content (AvgIpc) is 2.38. The summed E-state index contributed by atoms with van der Waals surface area (Å²) in [4.78, 5) is 11.4. The SMILES string of the molecule is CC(C)(C)OC(=O)NCCNC(C#N)c1ccccc1F. The monoisotopic (exact) mass is 293 g/mol. The van der Waals surface area contributed by atoms with Crippen molar-refractivity contribution >= 4 is 6.09 Å². The molecule has 1 aromatic carbocycles. The van der Waals surface area contributed by atoms with E-state index in [0.717, 1.165) is 0 Å². The topological polar surface area (TPSA) is 74.2 Å². The molecule has 1 amide bonds. The number of amides is 1. The molecule has 0 spiro atoms. The summed E-state index contributed by atoms with van der Waals surface area (Å²) in [6.07, 6.45) is -0.524. The number of hydrogen-bond acceptors (Lipinski definition) is 4. The van der Waals surface area contributed by atoms with E-state index in [-0.39, 0.29) is 12.1 Å². The first-order valence-corrected chi connectivity index (χ1v) is 6.68. The zero-order valence-electron chi connectivity index (χ0n) is 12.4. The van der Waals surface area contributed by atoms with Crippen LogP contribution in [0.2, 0.25) is 0 Å². The minimum absolute atomic E-state index is 0.279. The van der Waals surface area contributed by atoms with Gasteiger partial charge in [-0.05, 0) is 26.8 Å². The molecule has 2 N–H and O–H groups in total. The predicted octanol–water partition coefficient (Wildman–Crippen LogP) is 2.50. The van der Waals surface area contributed by atoms with E-state index < -0.39 is 23.6 Å². The highest BCUT2D eigenvalue weighted by Crippen LogP contribution is 2.15. The number of nitriles is 1. The molecule has 0 aromatic heterocycles. The van der Waals surface area contributed by atoms with Crippen LogP contribution in [0.15, 0.2) is 24.3 Å². The summed E-state index contributed by atoms with van der Waals surface area (Å²) in [5, 5.41) is 14.5. The number of carbonyl (C=O) groups excluding carboxylic acids is 1. The summed E-state index contributed by atoms with van der Waals surface area (Å²) in [6.45, 7) is 5.92. The molecule has 0 heterocycles. The predicted molar refractivity (Wildman–Crippen MR) is 77.0 cm³/mol. The summed E-state index contributed by atoms with van der Waals surface area (Å²) < 4.78 is 18.6. The molecule has 0 saturated heterocycles. The largest absolute Gasteiger partial charge is 0.444 e. The zero-order chi connectivity index (χ0) is 15.9. The maximum atomic E-state index is 13.6. The van der Waals surface area contributed by atoms with E-state index in [2.05, 4.69) is 10.6 Å². The van der Waals surface area contributed by atoms with Crippen molar-refractivity contribution in [2.75, 3.05) is 13.1 Å². The Bertz CT molecular complexity index is 520. The molecular formula is C15H20FN3O2. The van der Waals surface area contributed by atoms with Crippen molar-refractivity contribution in [2.45, 2.75) is 32.4 Å². The molecule has 6 heteroatoms. The third-order valence-electron chi connectivity index (χ3n) is 2.49. The molecule has 0 saturated carbocycles. The van der Waals surface area contributed by atoms with Crippen LogP contribution in [0.4, 0.5) is 9.18 Å². The fraction of sp³-hybridized carbons (Fsp3) is 0.467. The van der Waals surface area contributed by atoms with Gasteiger partial charge in [-0.15, -0.1) is 0 Å². The second-order valence-electron chi connectivity index (χ2n) is 5.47. The molecule has 0 aliphatic carbocycles. The minimum Gasteiger partial charge on any atom is -0.444 e. The van der Waals surface area contributed by atoms with Gasteiger partial charge in [0.25, 0.3) is 0 Å². The van der Waals surface area contributed by atoms with Crippen molar-refractivity contribution in [2.24, 2.45) is 0 Å². The third-order valence-corrected chi connectivity index (χ3v) is 2.49. The summed E-state index contributed by atoms with van der Waals surface area (Å²) in [6, 6.07) is 7.33. The fourth-order valence-corrected chi connectivity index (χ4v) is 1.63. The van der Waals surface area contributed by atoms with Crippen molar-refractivity contribution in [1.29, 1.82) is 5.26 Å². The smallest absolute Gasteiger partial charge is 0.407 e. The second kappa shape index (κ2) is 7.60. The van der Waals surface area contributed by atoms with Gasteiger partial charge in [-0.2, -0.15) is 5.26 Å². The summed E-state index contributed by atoms with van der Waals surface area (Å²) in [5.74, 6) is -0.434. The van der Waals surface area contributed by atoms with Crippen LogP contribution in [-0.2, 0) is 4.74 Å². The van der Waals surface area contributed by atoms with Crippen LogP contribution in [0, 0.1) is 17.1 Å². The number of ether oxygens (including phenoxy) is 1. The number of alkyl carbamates (subject to hydrolysis) is 1. The van der Waals surface area contributed by atoms with Crippen molar-refractivity contribution < 1.29 is 13.9 Å². The maximum Gasteiger partial charge on any atom is 0.407 e. The lowest BCUT2D eigenvalue weighted by Gasteiger charge is -2.20. The number of halogens is 1. The maximum absolute atomic E-state index is 13.6. The molecule has 1 rings (SSSR count). The molecule has 1 atom stereocenters. The van der Waals surface area contributed by atoms with E-state index in [9.17, 15) is 9.18 Å². The van der Waals surface area contributed by atoms with Crippen LogP contribution < -0.4 is 10.6 Å². The van der Waals surface area contributed by atoms with Crippen LogP contribution in [0.25, 0.3) is 0 Å². The van der Waals surface area contributed by atoms with Crippen molar-refractivity contribution in [1.82, 2.24) is 10.6 Å². The number of hydrogen-bond donors (Lipinski definition) is 2. The molecule has 114 valence electrons. The normalized spacial score (nSPS) is 12.3. The lowest BCUT2D eigenvalue weighted by molar-refractivity contribution is 0.0528. The van der Waals surface area contributed by atoms with Gasteiger partial charge in [0.2, 0.25) is 0 Å². The Morgan fingerprint density at radius 1 is 1.38 bits per heavy atom. The van der Waals surface area contributed by atoms with E-state index in [4.69, 9.17) is 10.00 Å². The Morgan fingerprint density at radius 3 is 2.62 bits per heavy atom. The Hall–Kier alpha value is -2.13. The van der Waals surface area contributed by atoms with E-state index in [1.807, 2.05) is 6.07 Å². The van der Waals surface area contributed by atoms with Crippen molar-refractivity contribution in [3.8, 4) is 6.07 Å². The van der Waals surface area contributed by atoms with Crippen LogP contribution in [-0.4, -0.2) is 24.8 Å². The minimum atomic E-state index is -0.758. The standard InChI is InChI=1S/C15H20FN3O2/c1-15(2,3)21-14(20)19-9-8-18-13(10-17)11-6-4-5-7-12(11)16/h4-7,13,18H,8-9H2,1-3H3,(H,19,20). The molecule has 21 heavy (non-hydrogen) atoms. The van der Waals surface area contributed by atoms with Gasteiger partial charge in [0.1, 0.15) is 17.5 Å². The van der Waals surface area contributed by atoms with E-state index in [1.54, 1.807) is 39.0 Å². The van der Waals surface area contributed by atoms with Gasteiger partial charge in [0.15, 0.2) is 0 Å². The van der Waals surface area contributed by atoms with Gasteiger partial charge >= 0.3 is 6.09 Å². The summed E-state index contributed by atoms with van der Waals surface area (Å²) in [5.41, 5.74) is -0.267. The Labute approximate surface area is 124 Å². The van der Waals surface area contributed by atoms with Crippen LogP contribution in [0.1, 0.15) is 32.4 Å². The Balaban J connectivity index is 2.39. The van der Waals surface area contributed by atoms with E-state index >= 15 is 0 Å². The first-order valence-electron chi connectivity index (χ1n) is 6.68. The van der Waals surface area contributed by atoms with Crippen molar-refractivity contribution in [3.05, 3.63) is 35.6 Å². The molecule has 0 aliphatic rings. The molecule has 5 nitrogen and oxygen atoms in total. The molecule has 1 aromatic rings. The highest BCUT2D eigenvalue weighted by Gasteiger charge is 2.16. The number of nitrogens with one attached hydrogen (secondary N) is 2. The number of rotatable bonds is 5. The molecule has 0 aliphatic heterocycles. The quantitative estimate of drug-likeness (QED) is 0.818. The van der Waals surface area contributed by atoms with Gasteiger partial charge in [0.05, 0.1) is 6.07 Å². The summed E-state index contributed by atoms with van der Waals surface area (Å²) in [7, 11) is 0. The lowest BCUT2D eigenvalue weighted by atomic mass is 10.1. The molecule has 1 unspecified atom stereocenters. The average molecular weight is 293 g/mol. The van der Waals surface area contributed by atoms with Crippen LogP contribution in [0.5, 0.6) is 0 Å². The van der Waals surface area contributed by atoms with Crippen molar-refractivity contribution in [3.63, 3.8) is 0 Å². The number of benzene rings is 1. The Morgan fingerprint density at radius 2 is 2.05 bits per heavy atom. The van der Waals surface area contributed by atoms with Gasteiger partial charge in [-0.1, -0.05) is 18.2 Å². The Kier molecular flexibility index (Phi) is 6.12. The second-order valence-corrected chi connectivity index (χ2v) is 5.47. The van der Waals surface area contributed by atoms with Crippen LogP contribution >= 0.6 is 0 Å². The van der Waals surface area contributed by atoms with E-state index in [0.29, 0.717) is 6.54 Å². The lowest BCUT2D eigenvalue weighted by Crippen LogP contribution is -2.37. The van der Waals surface area contributed by atoms with E-state index in [1.165, 1.54) is 6.07 Å². The first kappa shape index (κ1) is 16.9. The third kappa shape index (κ3) is 6.23. The number of carbonyl (C=O) groups is 1. The van der Waals surface area contributed by atoms with Gasteiger partial charge < -0.3 is 10.1 Å². The first-order chi connectivity index (χ1) is 9.83.